The van der Waals surface area contributed by atoms with E-state index in [0.717, 1.165) is 54.2 Å². The summed E-state index contributed by atoms with van der Waals surface area (Å²) in [6.07, 6.45) is 2.05. The van der Waals surface area contributed by atoms with Crippen molar-refractivity contribution in [3.63, 3.8) is 0 Å². The highest BCUT2D eigenvalue weighted by atomic mass is 31.1. The molecule has 0 saturated carbocycles. The van der Waals surface area contributed by atoms with Crippen LogP contribution in [0.2, 0.25) is 0 Å². The van der Waals surface area contributed by atoms with Gasteiger partial charge in [-0.25, -0.2) is 0 Å². The molecule has 6 nitrogen and oxygen atoms in total. The van der Waals surface area contributed by atoms with Crippen LogP contribution in [0.3, 0.4) is 0 Å². The molecule has 8 heteroatoms. The number of methoxy groups -OCH3 is 5. The highest BCUT2D eigenvalue weighted by Crippen LogP contribution is 2.36. The normalized spacial score (nSPS) is 11.1. The molecule has 0 bridgehead atoms. The van der Waals surface area contributed by atoms with Crippen LogP contribution in [0.25, 0.3) is 0 Å². The molecular formula is C39H44NO5P2+. The molecule has 0 aromatic heterocycles. The van der Waals surface area contributed by atoms with Crippen LogP contribution in [0, 0.1) is 0 Å². The molecule has 5 aromatic carbocycles. The van der Waals surface area contributed by atoms with Crippen molar-refractivity contribution in [2.45, 2.75) is 0 Å². The number of rotatable bonds is 16. The first-order chi connectivity index (χ1) is 23.0. The molecule has 47 heavy (non-hydrogen) atoms. The average molecular weight is 669 g/mol. The number of benzene rings is 5. The van der Waals surface area contributed by atoms with Crippen molar-refractivity contribution >= 4 is 42.7 Å². The van der Waals surface area contributed by atoms with Crippen LogP contribution in [0.1, 0.15) is 0 Å². The van der Waals surface area contributed by atoms with Gasteiger partial charge in [0.15, 0.2) is 0 Å². The second kappa shape index (κ2) is 17.2. The van der Waals surface area contributed by atoms with Crippen molar-refractivity contribution in [1.29, 1.82) is 0 Å². The Morgan fingerprint density at radius 1 is 0.362 bits per heavy atom. The van der Waals surface area contributed by atoms with Gasteiger partial charge in [-0.3, -0.25) is 0 Å². The van der Waals surface area contributed by atoms with Crippen molar-refractivity contribution in [3.8, 4) is 28.7 Å². The molecule has 5 aromatic rings. The first kappa shape index (κ1) is 34.3. The first-order valence-electron chi connectivity index (χ1n) is 15.7. The van der Waals surface area contributed by atoms with Crippen LogP contribution in [-0.4, -0.2) is 61.0 Å². The topological polar surface area (TPSA) is 50.6 Å². The maximum atomic E-state index is 5.51. The van der Waals surface area contributed by atoms with Crippen molar-refractivity contribution < 1.29 is 28.6 Å². The number of hydrogen-bond acceptors (Lipinski definition) is 5. The average Bonchev–Trinajstić information content (AvgIpc) is 3.15. The summed E-state index contributed by atoms with van der Waals surface area (Å²) in [5.41, 5.74) is 1.27. The Labute approximate surface area is 281 Å². The molecule has 244 valence electrons. The molecule has 0 fully saturated rings. The fourth-order valence-corrected chi connectivity index (χ4v) is 10.2. The monoisotopic (exact) mass is 668 g/mol. The van der Waals surface area contributed by atoms with Gasteiger partial charge in [-0.05, 0) is 97.7 Å². The van der Waals surface area contributed by atoms with E-state index in [1.165, 1.54) is 31.8 Å². The van der Waals surface area contributed by atoms with Crippen LogP contribution in [-0.2, 0) is 0 Å². The van der Waals surface area contributed by atoms with Gasteiger partial charge >= 0.3 is 0 Å². The summed E-state index contributed by atoms with van der Waals surface area (Å²) in [4.78, 5) is 1.46. The molecule has 0 aliphatic heterocycles. The van der Waals surface area contributed by atoms with Crippen LogP contribution in [0.4, 0.5) is 5.69 Å². The van der Waals surface area contributed by atoms with Gasteiger partial charge in [0.1, 0.15) is 34.4 Å². The number of quaternary nitrogens is 1. The molecule has 0 saturated heterocycles. The van der Waals surface area contributed by atoms with E-state index in [4.69, 9.17) is 23.7 Å². The van der Waals surface area contributed by atoms with E-state index in [0.29, 0.717) is 0 Å². The van der Waals surface area contributed by atoms with E-state index in [2.05, 4.69) is 121 Å². The lowest BCUT2D eigenvalue weighted by atomic mass is 10.2. The van der Waals surface area contributed by atoms with E-state index in [1.54, 1.807) is 35.5 Å². The molecule has 0 unspecified atom stereocenters. The second-order valence-corrected chi connectivity index (χ2v) is 15.6. The van der Waals surface area contributed by atoms with Gasteiger partial charge in [0.2, 0.25) is 0 Å². The van der Waals surface area contributed by atoms with E-state index in [1.807, 2.05) is 0 Å². The van der Waals surface area contributed by atoms with Crippen molar-refractivity contribution in [1.82, 2.24) is 0 Å². The smallest absolute Gasteiger partial charge is 0.131 e. The Balaban J connectivity index is 1.45. The molecule has 0 heterocycles. The van der Waals surface area contributed by atoms with Gasteiger partial charge in [0, 0.05) is 24.5 Å². The Morgan fingerprint density at radius 2 is 0.596 bits per heavy atom. The lowest BCUT2D eigenvalue weighted by Gasteiger charge is -2.26. The molecular weight excluding hydrogens is 624 g/mol. The summed E-state index contributed by atoms with van der Waals surface area (Å²) in [5, 5.41) is 5.33. The fourth-order valence-electron chi connectivity index (χ4n) is 5.60. The highest BCUT2D eigenvalue weighted by molar-refractivity contribution is 7.73. The van der Waals surface area contributed by atoms with Gasteiger partial charge in [-0.15, -0.1) is 0 Å². The maximum absolute atomic E-state index is 5.51. The minimum atomic E-state index is -0.622. The zero-order chi connectivity index (χ0) is 33.0. The van der Waals surface area contributed by atoms with Gasteiger partial charge in [0.05, 0.1) is 48.6 Å². The molecule has 0 aliphatic rings. The predicted octanol–water partition coefficient (Wildman–Crippen LogP) is 5.51. The van der Waals surface area contributed by atoms with E-state index >= 15 is 0 Å². The first-order valence-corrected chi connectivity index (χ1v) is 18.7. The van der Waals surface area contributed by atoms with Gasteiger partial charge in [-0.1, -0.05) is 48.5 Å². The predicted molar refractivity (Wildman–Crippen MR) is 197 cm³/mol. The third-order valence-electron chi connectivity index (χ3n) is 8.31. The number of hydrogen-bond donors (Lipinski definition) is 1. The largest absolute Gasteiger partial charge is 0.497 e. The van der Waals surface area contributed by atoms with Gasteiger partial charge < -0.3 is 28.6 Å². The number of nitrogens with one attached hydrogen (secondary N) is 1. The quantitative estimate of drug-likeness (QED) is 0.141. The molecule has 1 N–H and O–H groups in total. The molecule has 0 aliphatic carbocycles. The van der Waals surface area contributed by atoms with Crippen LogP contribution >= 0.6 is 15.8 Å². The zero-order valence-corrected chi connectivity index (χ0v) is 29.6. The molecule has 0 radical (unpaired) electrons. The zero-order valence-electron chi connectivity index (χ0n) is 27.8. The van der Waals surface area contributed by atoms with Crippen LogP contribution in [0.5, 0.6) is 28.7 Å². The van der Waals surface area contributed by atoms with Crippen LogP contribution in [0.15, 0.2) is 121 Å². The molecule has 0 spiro atoms. The Bertz CT molecular complexity index is 1450. The summed E-state index contributed by atoms with van der Waals surface area (Å²) in [5.74, 6) is 4.35. The summed E-state index contributed by atoms with van der Waals surface area (Å²) in [7, 11) is 7.32. The Morgan fingerprint density at radius 3 is 0.830 bits per heavy atom. The maximum Gasteiger partial charge on any atom is 0.131 e. The van der Waals surface area contributed by atoms with Crippen molar-refractivity contribution in [2.75, 3.05) is 61.0 Å². The van der Waals surface area contributed by atoms with Crippen molar-refractivity contribution in [3.05, 3.63) is 121 Å². The summed E-state index contributed by atoms with van der Waals surface area (Å²) in [6.45, 7) is 1.95. The molecule has 0 amide bonds. The Hall–Kier alpha value is -4.08. The standard InChI is InChI=1S/C39H43NO5P2/c1-41-31-8-6-30(7-9-31)40(26-28-46(36-18-10-32(42-2)11-19-36)37-20-12-33(43-3)13-21-37)27-29-47(38-22-14-34(44-4)15-23-38)39-24-16-35(45-5)17-25-39/h6-25H,26-29H2,1-5H3/p+1. The molecule has 0 atom stereocenters. The van der Waals surface area contributed by atoms with Gasteiger partial charge in [-0.2, -0.15) is 0 Å². The lowest BCUT2D eigenvalue weighted by molar-refractivity contribution is -0.827. The van der Waals surface area contributed by atoms with Gasteiger partial charge in [0.25, 0.3) is 0 Å². The van der Waals surface area contributed by atoms with Crippen molar-refractivity contribution in [2.24, 2.45) is 0 Å². The Kier molecular flexibility index (Phi) is 12.5. The summed E-state index contributed by atoms with van der Waals surface area (Å²) >= 11 is 0. The fraction of sp³-hybridized carbons (Fsp3) is 0.231. The summed E-state index contributed by atoms with van der Waals surface area (Å²) in [6, 6.07) is 42.8. The third kappa shape index (κ3) is 9.05. The molecule has 5 rings (SSSR count). The van der Waals surface area contributed by atoms with E-state index in [9.17, 15) is 0 Å². The number of ether oxygens (including phenoxy) is 5. The second-order valence-electron chi connectivity index (χ2n) is 10.9. The minimum absolute atomic E-state index is 0.622. The SMILES string of the molecule is COc1ccc([NH+](CCP(c2ccc(OC)cc2)c2ccc(OC)cc2)CCP(c2ccc(OC)cc2)c2ccc(OC)cc2)cc1. The van der Waals surface area contributed by atoms with Crippen LogP contribution < -0.4 is 49.8 Å². The highest BCUT2D eigenvalue weighted by Gasteiger charge is 2.23. The third-order valence-corrected chi connectivity index (χ3v) is 13.3. The van der Waals surface area contributed by atoms with E-state index < -0.39 is 15.8 Å². The minimum Gasteiger partial charge on any atom is -0.497 e. The van der Waals surface area contributed by atoms with E-state index in [-0.39, 0.29) is 0 Å². The lowest BCUT2D eigenvalue weighted by Crippen LogP contribution is -3.08. The summed E-state index contributed by atoms with van der Waals surface area (Å²) < 4.78 is 27.4.